The van der Waals surface area contributed by atoms with Gasteiger partial charge in [-0.3, -0.25) is 4.79 Å². The summed E-state index contributed by atoms with van der Waals surface area (Å²) in [7, 11) is 0. The summed E-state index contributed by atoms with van der Waals surface area (Å²) in [5.41, 5.74) is 1.67. The number of aryl methyl sites for hydroxylation is 1. The second-order valence-electron chi connectivity index (χ2n) is 10.6. The molecule has 4 aliphatic rings. The van der Waals surface area contributed by atoms with Crippen molar-refractivity contribution < 1.29 is 21.2 Å². The van der Waals surface area contributed by atoms with E-state index in [9.17, 15) is 9.59 Å². The van der Waals surface area contributed by atoms with Crippen molar-refractivity contribution >= 4 is 11.8 Å². The molecule has 166 valence electrons. The number of ether oxygens (including phenoxy) is 1. The Labute approximate surface area is 193 Å². The van der Waals surface area contributed by atoms with Gasteiger partial charge in [0.15, 0.2) is 0 Å². The number of Topliss-reactive ketones (excluding diaryl/α,β-unsaturated/α-hetero) is 1. The summed E-state index contributed by atoms with van der Waals surface area (Å²) in [4.78, 5) is 25.5. The fourth-order valence-corrected chi connectivity index (χ4v) is 7.41. The van der Waals surface area contributed by atoms with Crippen molar-refractivity contribution in [1.29, 1.82) is 0 Å². The molecule has 5 rings (SSSR count). The average Bonchev–Trinajstić information content (AvgIpc) is 3.13. The average molecular weight is 426 g/mol. The first-order valence-electron chi connectivity index (χ1n) is 14.3. The van der Waals surface area contributed by atoms with Gasteiger partial charge in [-0.25, -0.2) is 4.79 Å². The molecule has 31 heavy (non-hydrogen) atoms. The Bertz CT molecular complexity index is 1090. The summed E-state index contributed by atoms with van der Waals surface area (Å²) in [6.45, 7) is 1.79. The first kappa shape index (κ1) is 15.8. The van der Waals surface area contributed by atoms with Gasteiger partial charge in [-0.1, -0.05) is 44.5 Å². The minimum Gasteiger partial charge on any atom is -0.458 e. The monoisotopic (exact) mass is 425 g/mol. The Morgan fingerprint density at radius 1 is 1.13 bits per heavy atom. The van der Waals surface area contributed by atoms with Crippen molar-refractivity contribution in [3.8, 4) is 0 Å². The van der Waals surface area contributed by atoms with Gasteiger partial charge in [0.25, 0.3) is 0 Å². The molecule has 0 unspecified atom stereocenters. The van der Waals surface area contributed by atoms with Crippen LogP contribution in [0.5, 0.6) is 0 Å². The lowest BCUT2D eigenvalue weighted by Crippen LogP contribution is -2.50. The minimum absolute atomic E-state index is 0.0157. The summed E-state index contributed by atoms with van der Waals surface area (Å²) in [5.74, 6) is 1.64. The number of hydrogen-bond acceptors (Lipinski definition) is 3. The summed E-state index contributed by atoms with van der Waals surface area (Å²) >= 11 is 0. The van der Waals surface area contributed by atoms with Crippen LogP contribution in [0.4, 0.5) is 0 Å². The third kappa shape index (κ3) is 3.31. The Balaban J connectivity index is 1.26. The molecule has 1 aromatic carbocycles. The van der Waals surface area contributed by atoms with Gasteiger partial charge in [0, 0.05) is 25.1 Å². The number of esters is 1. The zero-order valence-electron chi connectivity index (χ0n) is 23.6. The predicted molar refractivity (Wildman–Crippen MR) is 122 cm³/mol. The van der Waals surface area contributed by atoms with Crippen LogP contribution in [0, 0.1) is 28.6 Å². The van der Waals surface area contributed by atoms with Crippen molar-refractivity contribution in [2.75, 3.05) is 0 Å². The molecule has 0 aromatic heterocycles. The maximum Gasteiger partial charge on any atom is 0.338 e. The molecule has 0 radical (unpaired) electrons. The van der Waals surface area contributed by atoms with E-state index in [0.29, 0.717) is 29.1 Å². The molecule has 6 atom stereocenters. The van der Waals surface area contributed by atoms with Crippen LogP contribution in [0.25, 0.3) is 0 Å². The van der Waals surface area contributed by atoms with Gasteiger partial charge in [0.1, 0.15) is 11.9 Å². The second kappa shape index (κ2) is 7.60. The van der Waals surface area contributed by atoms with E-state index < -0.39 is 19.2 Å². The van der Waals surface area contributed by atoms with E-state index in [-0.39, 0.29) is 22.5 Å². The highest BCUT2D eigenvalue weighted by molar-refractivity contribution is 5.89. The van der Waals surface area contributed by atoms with Crippen LogP contribution in [0.1, 0.15) is 94.8 Å². The second-order valence-corrected chi connectivity index (χ2v) is 10.6. The van der Waals surface area contributed by atoms with Crippen molar-refractivity contribution in [3.63, 3.8) is 0 Å². The van der Waals surface area contributed by atoms with E-state index in [1.165, 1.54) is 29.8 Å². The van der Waals surface area contributed by atoms with Crippen LogP contribution >= 0.6 is 0 Å². The predicted octanol–water partition coefficient (Wildman–Crippen LogP) is 6.31. The molecule has 1 aromatic rings. The fraction of sp³-hybridized carbons (Fsp3) is 0.643. The van der Waals surface area contributed by atoms with E-state index in [1.54, 1.807) is 0 Å². The van der Waals surface area contributed by atoms with Crippen molar-refractivity contribution in [1.82, 2.24) is 0 Å². The zero-order valence-corrected chi connectivity index (χ0v) is 18.6. The Hall–Kier alpha value is -1.90. The summed E-state index contributed by atoms with van der Waals surface area (Å²) in [6, 6.07) is 5.60. The summed E-state index contributed by atoms with van der Waals surface area (Å²) < 4.78 is 43.9. The fourth-order valence-electron chi connectivity index (χ4n) is 7.41. The van der Waals surface area contributed by atoms with Crippen LogP contribution in [0.15, 0.2) is 35.9 Å². The van der Waals surface area contributed by atoms with E-state index >= 15 is 0 Å². The molecule has 3 heteroatoms. The molecular weight excluding hydrogens is 384 g/mol. The topological polar surface area (TPSA) is 43.4 Å². The molecule has 0 heterocycles. The first-order valence-corrected chi connectivity index (χ1v) is 11.8. The van der Waals surface area contributed by atoms with Gasteiger partial charge in [-0.15, -0.1) is 0 Å². The summed E-state index contributed by atoms with van der Waals surface area (Å²) in [6.07, 6.45) is 7.04. The molecule has 0 saturated heterocycles. The lowest BCUT2D eigenvalue weighted by molar-refractivity contribution is -0.132. The first-order chi connectivity index (χ1) is 16.8. The van der Waals surface area contributed by atoms with Crippen molar-refractivity contribution in [2.24, 2.45) is 28.6 Å². The molecular formula is C28H36O3. The molecule has 0 spiro atoms. The molecule has 0 aliphatic heterocycles. The third-order valence-electron chi connectivity index (χ3n) is 9.31. The highest BCUT2D eigenvalue weighted by Gasteiger charge is 2.58. The number of carbonyl (C=O) groups excluding carboxylic acids is 2. The number of fused-ring (bicyclic) bond motifs is 5. The minimum atomic E-state index is -2.79. The Kier molecular flexibility index (Phi) is 3.88. The number of ketones is 1. The van der Waals surface area contributed by atoms with E-state index in [2.05, 4.69) is 19.9 Å². The van der Waals surface area contributed by atoms with Crippen LogP contribution in [0.3, 0.4) is 0 Å². The van der Waals surface area contributed by atoms with E-state index in [4.69, 9.17) is 11.6 Å². The van der Waals surface area contributed by atoms with Gasteiger partial charge < -0.3 is 4.74 Å². The maximum absolute atomic E-state index is 12.9. The quantitative estimate of drug-likeness (QED) is 0.421. The Morgan fingerprint density at radius 2 is 1.87 bits per heavy atom. The molecule has 4 aliphatic carbocycles. The normalized spacial score (nSPS) is 42.5. The zero-order chi connectivity index (χ0) is 26.1. The molecule has 0 bridgehead atoms. The highest BCUT2D eigenvalue weighted by atomic mass is 16.5. The SMILES string of the molecule is [2H]C([2H])([2H])C([2H])([2H])c1ccc(C(=O)O[C@H]2CC[C@@]3(C)C(=CC[C@@H]4[C@@H]3CC[C@]3(C)C(=O)CC[C@@H]43)C2)cc1. The smallest absolute Gasteiger partial charge is 0.338 e. The number of hydrogen-bond donors (Lipinski definition) is 0. The van der Waals surface area contributed by atoms with Gasteiger partial charge in [0.05, 0.1) is 5.56 Å². The number of rotatable bonds is 3. The molecule has 3 nitrogen and oxygen atoms in total. The van der Waals surface area contributed by atoms with E-state index in [1.807, 2.05) is 0 Å². The number of benzene rings is 1. The highest BCUT2D eigenvalue weighted by Crippen LogP contribution is 2.64. The van der Waals surface area contributed by atoms with Gasteiger partial charge >= 0.3 is 5.97 Å². The Morgan fingerprint density at radius 3 is 2.65 bits per heavy atom. The summed E-state index contributed by atoms with van der Waals surface area (Å²) in [5, 5.41) is 0. The van der Waals surface area contributed by atoms with Crippen molar-refractivity contribution in [2.45, 2.75) is 84.5 Å². The van der Waals surface area contributed by atoms with Crippen LogP contribution < -0.4 is 0 Å². The van der Waals surface area contributed by atoms with Crippen LogP contribution in [0.2, 0.25) is 0 Å². The van der Waals surface area contributed by atoms with E-state index in [0.717, 1.165) is 51.4 Å². The molecule has 3 saturated carbocycles. The lowest BCUT2D eigenvalue weighted by Gasteiger charge is -2.56. The van der Waals surface area contributed by atoms with Gasteiger partial charge in [0.2, 0.25) is 0 Å². The molecule has 3 fully saturated rings. The largest absolute Gasteiger partial charge is 0.458 e. The third-order valence-corrected chi connectivity index (χ3v) is 9.31. The van der Waals surface area contributed by atoms with Gasteiger partial charge in [-0.05, 0) is 85.8 Å². The maximum atomic E-state index is 12.9. The standard InChI is InChI=1S/C28H36O3/c1-4-18-5-7-19(8-6-18)26(30)31-21-13-15-27(2)20(17-21)9-10-22-23-11-12-25(29)28(23,3)16-14-24(22)27/h5-9,21-24H,4,10-17H2,1-3H3/t21-,22-,23-,24-,27-,28-/m0/s1/i1D3,4D2. The number of carbonyl (C=O) groups is 2. The lowest BCUT2D eigenvalue weighted by atomic mass is 9.48. The van der Waals surface area contributed by atoms with Crippen LogP contribution in [-0.2, 0) is 15.9 Å². The number of allylic oxidation sites excluding steroid dienone is 1. The molecule has 0 amide bonds. The molecule has 0 N–H and O–H groups in total. The van der Waals surface area contributed by atoms with Gasteiger partial charge in [-0.2, -0.15) is 0 Å². The van der Waals surface area contributed by atoms with Crippen LogP contribution in [-0.4, -0.2) is 17.9 Å². The van der Waals surface area contributed by atoms with Crippen molar-refractivity contribution in [3.05, 3.63) is 47.0 Å².